The van der Waals surface area contributed by atoms with Crippen molar-refractivity contribution in [3.05, 3.63) is 0 Å². The molecular formula is C5H16O6P2+2. The van der Waals surface area contributed by atoms with E-state index in [4.69, 9.17) is 0 Å². The summed E-state index contributed by atoms with van der Waals surface area (Å²) in [4.78, 5) is 0. The van der Waals surface area contributed by atoms with Crippen molar-refractivity contribution in [2.75, 3.05) is 28.4 Å². The summed E-state index contributed by atoms with van der Waals surface area (Å²) in [5.74, 6) is 0. The molecule has 0 aromatic rings. The Hall–Kier alpha value is 0.0400. The molecule has 0 saturated heterocycles. The predicted octanol–water partition coefficient (Wildman–Crippen LogP) is 2.51. The normalized spacial score (nSPS) is 7.69. The van der Waals surface area contributed by atoms with E-state index in [2.05, 4.69) is 18.1 Å². The van der Waals surface area contributed by atoms with Crippen LogP contribution in [0.1, 0.15) is 7.43 Å². The van der Waals surface area contributed by atoms with E-state index in [1.54, 1.807) is 0 Å². The molecule has 0 aliphatic carbocycles. The van der Waals surface area contributed by atoms with Crippen LogP contribution in [0.2, 0.25) is 0 Å². The smallest absolute Gasteiger partial charge is 0.122 e. The molecule has 0 aliphatic heterocycles. The third kappa shape index (κ3) is 18.8. The maximum atomic E-state index is 9.88. The molecule has 0 amide bonds. The number of hydrogen-bond acceptors (Lipinski definition) is 6. The van der Waals surface area contributed by atoms with Crippen LogP contribution in [0, 0.1) is 0 Å². The van der Waals surface area contributed by atoms with Crippen LogP contribution in [-0.2, 0) is 27.2 Å². The van der Waals surface area contributed by atoms with Gasteiger partial charge >= 0.3 is 16.5 Å². The molecule has 13 heavy (non-hydrogen) atoms. The van der Waals surface area contributed by atoms with E-state index < -0.39 is 16.5 Å². The molecule has 0 N–H and O–H groups in total. The first-order chi connectivity index (χ1) is 5.62. The van der Waals surface area contributed by atoms with Gasteiger partial charge in [0.1, 0.15) is 0 Å². The van der Waals surface area contributed by atoms with Crippen LogP contribution in [0.3, 0.4) is 0 Å². The summed E-state index contributed by atoms with van der Waals surface area (Å²) in [6.45, 7) is 0. The van der Waals surface area contributed by atoms with E-state index in [1.165, 1.54) is 28.4 Å². The zero-order chi connectivity index (χ0) is 9.98. The van der Waals surface area contributed by atoms with Gasteiger partial charge in [-0.2, -0.15) is 0 Å². The Labute approximate surface area is 80.4 Å². The fourth-order valence-electron chi connectivity index (χ4n) is 0.149. The summed E-state index contributed by atoms with van der Waals surface area (Å²) in [6.07, 6.45) is 0. The highest BCUT2D eigenvalue weighted by Crippen LogP contribution is 2.18. The van der Waals surface area contributed by atoms with E-state index >= 15 is 0 Å². The second-order valence-corrected chi connectivity index (χ2v) is 3.53. The zero-order valence-electron chi connectivity index (χ0n) is 7.34. The molecule has 0 aliphatic rings. The van der Waals surface area contributed by atoms with Crippen LogP contribution in [0.4, 0.5) is 0 Å². The molecule has 0 atom stereocenters. The number of hydrogen-bond donors (Lipinski definition) is 0. The Bertz CT molecular complexity index is 111. The summed E-state index contributed by atoms with van der Waals surface area (Å²) in [5.41, 5.74) is 0. The van der Waals surface area contributed by atoms with Gasteiger partial charge < -0.3 is 0 Å². The van der Waals surface area contributed by atoms with Gasteiger partial charge in [0, 0.05) is 9.13 Å². The largest absolute Gasteiger partial charge is 0.696 e. The summed E-state index contributed by atoms with van der Waals surface area (Å²) >= 11 is 0. The van der Waals surface area contributed by atoms with Gasteiger partial charge in [0.2, 0.25) is 0 Å². The molecule has 0 spiro atoms. The van der Waals surface area contributed by atoms with E-state index in [-0.39, 0.29) is 7.43 Å². The van der Waals surface area contributed by atoms with Crippen molar-refractivity contribution >= 4 is 16.5 Å². The lowest BCUT2D eigenvalue weighted by atomic mass is 11.8. The van der Waals surface area contributed by atoms with Gasteiger partial charge in [-0.25, -0.2) is 0 Å². The molecule has 0 bridgehead atoms. The van der Waals surface area contributed by atoms with Crippen LogP contribution >= 0.6 is 16.5 Å². The highest BCUT2D eigenvalue weighted by atomic mass is 31.1. The summed E-state index contributed by atoms with van der Waals surface area (Å²) < 4.78 is 36.5. The number of rotatable bonds is 4. The lowest BCUT2D eigenvalue weighted by Crippen LogP contribution is -1.66. The Morgan fingerprint density at radius 3 is 0.846 bits per heavy atom. The van der Waals surface area contributed by atoms with Gasteiger partial charge in [0.15, 0.2) is 0 Å². The zero-order valence-corrected chi connectivity index (χ0v) is 9.13. The maximum Gasteiger partial charge on any atom is 0.696 e. The first-order valence-electron chi connectivity index (χ1n) is 2.73. The van der Waals surface area contributed by atoms with Crippen molar-refractivity contribution in [1.29, 1.82) is 0 Å². The maximum absolute atomic E-state index is 9.88. The Balaban J connectivity index is -0.000000143. The quantitative estimate of drug-likeness (QED) is 0.696. The molecule has 0 heterocycles. The Morgan fingerprint density at radius 2 is 0.846 bits per heavy atom. The molecule has 6 nitrogen and oxygen atoms in total. The van der Waals surface area contributed by atoms with Gasteiger partial charge in [-0.1, -0.05) is 7.43 Å². The standard InChI is InChI=1S/2C2H6O3P.CH4/c2*1-4-6(3)5-2;/h2*1-2H3;1H4/q2*+1;. The second-order valence-electron chi connectivity index (χ2n) is 1.18. The van der Waals surface area contributed by atoms with Gasteiger partial charge in [-0.3, -0.25) is 0 Å². The minimum atomic E-state index is -1.83. The second kappa shape index (κ2) is 14.6. The summed E-state index contributed by atoms with van der Waals surface area (Å²) in [6, 6.07) is 0. The Morgan fingerprint density at radius 1 is 0.692 bits per heavy atom. The van der Waals surface area contributed by atoms with Crippen LogP contribution in [0.25, 0.3) is 0 Å². The van der Waals surface area contributed by atoms with Crippen LogP contribution < -0.4 is 0 Å². The molecule has 0 fully saturated rings. The molecule has 0 unspecified atom stereocenters. The predicted molar refractivity (Wildman–Crippen MR) is 50.0 cm³/mol. The van der Waals surface area contributed by atoms with Gasteiger partial charge in [-0.15, -0.1) is 18.1 Å². The third-order valence-electron chi connectivity index (χ3n) is 0.596. The SMILES string of the molecule is C.CO[P+](=O)OC.CO[P+](=O)OC. The highest BCUT2D eigenvalue weighted by Gasteiger charge is 2.10. The fraction of sp³-hybridized carbons (Fsp3) is 1.00. The molecule has 80 valence electrons. The Kier molecular flexibility index (Phi) is 21.0. The van der Waals surface area contributed by atoms with E-state index in [9.17, 15) is 9.13 Å². The first-order valence-corrected chi connectivity index (χ1v) is 4.92. The van der Waals surface area contributed by atoms with Crippen molar-refractivity contribution in [2.45, 2.75) is 7.43 Å². The minimum absolute atomic E-state index is 0. The molecule has 0 aromatic heterocycles. The lowest BCUT2D eigenvalue weighted by Gasteiger charge is -1.66. The van der Waals surface area contributed by atoms with Gasteiger partial charge in [-0.05, 0) is 0 Å². The van der Waals surface area contributed by atoms with Crippen LogP contribution in [0.15, 0.2) is 0 Å². The van der Waals surface area contributed by atoms with Gasteiger partial charge in [0.25, 0.3) is 0 Å². The van der Waals surface area contributed by atoms with E-state index in [0.29, 0.717) is 0 Å². The van der Waals surface area contributed by atoms with Gasteiger partial charge in [0.05, 0.1) is 28.4 Å². The van der Waals surface area contributed by atoms with Crippen LogP contribution in [0.5, 0.6) is 0 Å². The van der Waals surface area contributed by atoms with Crippen molar-refractivity contribution in [3.8, 4) is 0 Å². The van der Waals surface area contributed by atoms with E-state index in [1.807, 2.05) is 0 Å². The molecule has 0 rings (SSSR count). The van der Waals surface area contributed by atoms with E-state index in [0.717, 1.165) is 0 Å². The first kappa shape index (κ1) is 18.8. The van der Waals surface area contributed by atoms with Crippen molar-refractivity contribution in [2.24, 2.45) is 0 Å². The van der Waals surface area contributed by atoms with Crippen molar-refractivity contribution in [3.63, 3.8) is 0 Å². The minimum Gasteiger partial charge on any atom is -0.122 e. The molecule has 0 saturated carbocycles. The average molecular weight is 234 g/mol. The molecule has 8 heteroatoms. The molecular weight excluding hydrogens is 218 g/mol. The summed E-state index contributed by atoms with van der Waals surface area (Å²) in [5, 5.41) is 0. The highest BCUT2D eigenvalue weighted by molar-refractivity contribution is 7.33. The van der Waals surface area contributed by atoms with Crippen molar-refractivity contribution in [1.82, 2.24) is 0 Å². The molecule has 0 aromatic carbocycles. The molecule has 0 radical (unpaired) electrons. The van der Waals surface area contributed by atoms with Crippen LogP contribution in [-0.4, -0.2) is 28.4 Å². The lowest BCUT2D eigenvalue weighted by molar-refractivity contribution is 0.301. The third-order valence-corrected chi connectivity index (χ3v) is 1.79. The monoisotopic (exact) mass is 234 g/mol. The summed E-state index contributed by atoms with van der Waals surface area (Å²) in [7, 11) is 1.63. The van der Waals surface area contributed by atoms with Crippen molar-refractivity contribution < 1.29 is 27.2 Å². The fourth-order valence-corrected chi connectivity index (χ4v) is 0.447. The average Bonchev–Trinajstić information content (AvgIpc) is 2.16. The topological polar surface area (TPSA) is 71.1 Å².